The Morgan fingerprint density at radius 1 is 1.26 bits per heavy atom. The van der Waals surface area contributed by atoms with Crippen LogP contribution < -0.4 is 11.1 Å². The quantitative estimate of drug-likeness (QED) is 0.525. The van der Waals surface area contributed by atoms with Gasteiger partial charge in [-0.2, -0.15) is 0 Å². The van der Waals surface area contributed by atoms with Gasteiger partial charge in [0.2, 0.25) is 5.91 Å². The number of unbranched alkanes of at least 4 members (excludes halogenated alkanes) is 1. The van der Waals surface area contributed by atoms with Crippen molar-refractivity contribution in [3.63, 3.8) is 0 Å². The average molecular weight is 270 g/mol. The molecule has 0 radical (unpaired) electrons. The molecular weight excluding hydrogens is 240 g/mol. The Labute approximate surface area is 117 Å². The van der Waals surface area contributed by atoms with E-state index in [1.807, 2.05) is 6.92 Å². The van der Waals surface area contributed by atoms with Gasteiger partial charge >= 0.3 is 0 Å². The van der Waals surface area contributed by atoms with Crippen LogP contribution in [0.2, 0.25) is 0 Å². The lowest BCUT2D eigenvalue weighted by Gasteiger charge is -2.25. The molecule has 0 spiro atoms. The van der Waals surface area contributed by atoms with E-state index in [1.54, 1.807) is 7.05 Å². The molecule has 0 aromatic carbocycles. The lowest BCUT2D eigenvalue weighted by atomic mass is 9.94. The summed E-state index contributed by atoms with van der Waals surface area (Å²) in [5, 5.41) is 3.01. The Balaban J connectivity index is 2.11. The number of likely N-dealkylation sites (N-methyl/N-ethyl adjacent to an activating group) is 1. The van der Waals surface area contributed by atoms with Crippen molar-refractivity contribution in [3.8, 4) is 0 Å². The number of amides is 1. The predicted octanol–water partition coefficient (Wildman–Crippen LogP) is 2.36. The smallest absolute Gasteiger partial charge is 0.237 e. The number of ether oxygens (including phenoxy) is 1. The molecule has 19 heavy (non-hydrogen) atoms. The van der Waals surface area contributed by atoms with Crippen molar-refractivity contribution in [2.45, 2.75) is 76.4 Å². The normalized spacial score (nSPS) is 20.7. The minimum absolute atomic E-state index is 0.278. The van der Waals surface area contributed by atoms with Crippen molar-refractivity contribution in [1.29, 1.82) is 0 Å². The summed E-state index contributed by atoms with van der Waals surface area (Å²) >= 11 is 0. The van der Waals surface area contributed by atoms with Gasteiger partial charge in [0.25, 0.3) is 0 Å². The van der Waals surface area contributed by atoms with Gasteiger partial charge < -0.3 is 15.8 Å². The Morgan fingerprint density at radius 2 is 1.89 bits per heavy atom. The Bertz CT molecular complexity index is 263. The van der Waals surface area contributed by atoms with E-state index in [2.05, 4.69) is 5.32 Å². The highest BCUT2D eigenvalue weighted by Crippen LogP contribution is 2.20. The third-order valence-corrected chi connectivity index (χ3v) is 4.32. The van der Waals surface area contributed by atoms with Gasteiger partial charge in [-0.25, -0.2) is 0 Å². The van der Waals surface area contributed by atoms with Crippen LogP contribution in [0.3, 0.4) is 0 Å². The fraction of sp³-hybridized carbons (Fsp3) is 0.933. The second-order valence-corrected chi connectivity index (χ2v) is 5.89. The van der Waals surface area contributed by atoms with E-state index in [4.69, 9.17) is 10.5 Å². The third kappa shape index (κ3) is 5.91. The molecule has 4 nitrogen and oxygen atoms in total. The first-order chi connectivity index (χ1) is 9.08. The third-order valence-electron chi connectivity index (χ3n) is 4.32. The van der Waals surface area contributed by atoms with Crippen LogP contribution in [-0.2, 0) is 9.53 Å². The second kappa shape index (κ2) is 8.54. The number of carbonyl (C=O) groups is 1. The maximum atomic E-state index is 11.3. The first-order valence-electron chi connectivity index (χ1n) is 7.69. The Kier molecular flexibility index (Phi) is 7.39. The summed E-state index contributed by atoms with van der Waals surface area (Å²) in [6.45, 7) is 2.67. The van der Waals surface area contributed by atoms with Crippen LogP contribution in [0.1, 0.15) is 64.7 Å². The molecule has 1 aliphatic carbocycles. The van der Waals surface area contributed by atoms with Gasteiger partial charge in [0, 0.05) is 6.61 Å². The molecule has 1 fully saturated rings. The fourth-order valence-corrected chi connectivity index (χ4v) is 2.61. The number of rotatable bonds is 8. The summed E-state index contributed by atoms with van der Waals surface area (Å²) in [5.41, 5.74) is 4.82. The number of nitrogens with one attached hydrogen (secondary N) is 1. The first-order valence-corrected chi connectivity index (χ1v) is 7.69. The van der Waals surface area contributed by atoms with E-state index >= 15 is 0 Å². The minimum Gasteiger partial charge on any atom is -0.378 e. The van der Waals surface area contributed by atoms with E-state index in [0.29, 0.717) is 6.10 Å². The second-order valence-electron chi connectivity index (χ2n) is 5.89. The molecule has 1 aliphatic rings. The highest BCUT2D eigenvalue weighted by atomic mass is 16.5. The van der Waals surface area contributed by atoms with E-state index in [1.165, 1.54) is 38.5 Å². The molecule has 0 aromatic heterocycles. The Morgan fingerprint density at radius 3 is 2.42 bits per heavy atom. The molecule has 0 aromatic rings. The minimum atomic E-state index is -0.581. The zero-order chi connectivity index (χ0) is 14.1. The van der Waals surface area contributed by atoms with Crippen LogP contribution in [0, 0.1) is 0 Å². The summed E-state index contributed by atoms with van der Waals surface area (Å²) in [5.74, 6) is -0.278. The molecule has 0 heterocycles. The molecule has 1 unspecified atom stereocenters. The molecule has 1 saturated carbocycles. The van der Waals surface area contributed by atoms with Gasteiger partial charge in [0.15, 0.2) is 0 Å². The number of primary amides is 1. The topological polar surface area (TPSA) is 64.3 Å². The van der Waals surface area contributed by atoms with Crippen LogP contribution in [0.25, 0.3) is 0 Å². The number of hydrogen-bond donors (Lipinski definition) is 2. The molecule has 0 aliphatic heterocycles. The molecule has 1 amide bonds. The van der Waals surface area contributed by atoms with Crippen molar-refractivity contribution >= 4 is 5.91 Å². The first kappa shape index (κ1) is 16.4. The predicted molar refractivity (Wildman–Crippen MR) is 78.0 cm³/mol. The molecule has 1 rings (SSSR count). The average Bonchev–Trinajstić information content (AvgIpc) is 2.66. The van der Waals surface area contributed by atoms with Crippen LogP contribution in [0.5, 0.6) is 0 Å². The van der Waals surface area contributed by atoms with E-state index in [-0.39, 0.29) is 5.91 Å². The van der Waals surface area contributed by atoms with Gasteiger partial charge in [-0.3, -0.25) is 4.79 Å². The molecule has 0 bridgehead atoms. The van der Waals surface area contributed by atoms with E-state index in [9.17, 15) is 4.79 Å². The molecule has 4 heteroatoms. The lowest BCUT2D eigenvalue weighted by molar-refractivity contribution is -0.123. The van der Waals surface area contributed by atoms with Crippen molar-refractivity contribution < 1.29 is 9.53 Å². The van der Waals surface area contributed by atoms with Gasteiger partial charge in [0.05, 0.1) is 11.6 Å². The van der Waals surface area contributed by atoms with Crippen LogP contribution in [0.15, 0.2) is 0 Å². The van der Waals surface area contributed by atoms with Gasteiger partial charge in [-0.05, 0) is 46.1 Å². The fourth-order valence-electron chi connectivity index (χ4n) is 2.61. The summed E-state index contributed by atoms with van der Waals surface area (Å²) in [4.78, 5) is 11.3. The largest absolute Gasteiger partial charge is 0.378 e. The highest BCUT2D eigenvalue weighted by molar-refractivity contribution is 5.84. The molecule has 112 valence electrons. The van der Waals surface area contributed by atoms with E-state index < -0.39 is 5.54 Å². The van der Waals surface area contributed by atoms with Crippen molar-refractivity contribution in [2.24, 2.45) is 5.73 Å². The number of carbonyl (C=O) groups excluding carboxylic acids is 1. The zero-order valence-corrected chi connectivity index (χ0v) is 12.5. The van der Waals surface area contributed by atoms with Gasteiger partial charge in [-0.15, -0.1) is 0 Å². The molecule has 3 N–H and O–H groups in total. The standard InChI is InChI=1S/C15H30N2O2/c1-15(17-2,14(16)18)11-7-8-12-19-13-9-5-3-4-6-10-13/h13,17H,3-12H2,1-2H3,(H2,16,18). The molecule has 0 saturated heterocycles. The number of hydrogen-bond acceptors (Lipinski definition) is 3. The highest BCUT2D eigenvalue weighted by Gasteiger charge is 2.27. The SMILES string of the molecule is CNC(C)(CCCCOC1CCCCCC1)C(N)=O. The molecule has 1 atom stereocenters. The van der Waals surface area contributed by atoms with Crippen molar-refractivity contribution in [3.05, 3.63) is 0 Å². The van der Waals surface area contributed by atoms with Crippen LogP contribution in [0.4, 0.5) is 0 Å². The summed E-state index contributed by atoms with van der Waals surface area (Å²) in [7, 11) is 1.78. The summed E-state index contributed by atoms with van der Waals surface area (Å²) in [6, 6.07) is 0. The maximum Gasteiger partial charge on any atom is 0.237 e. The molecular formula is C15H30N2O2. The Hall–Kier alpha value is -0.610. The maximum absolute atomic E-state index is 11.3. The summed E-state index contributed by atoms with van der Waals surface area (Å²) in [6.07, 6.45) is 11.0. The monoisotopic (exact) mass is 270 g/mol. The number of nitrogens with two attached hydrogens (primary N) is 1. The lowest BCUT2D eigenvalue weighted by Crippen LogP contribution is -2.51. The summed E-state index contributed by atoms with van der Waals surface area (Å²) < 4.78 is 5.94. The van der Waals surface area contributed by atoms with E-state index in [0.717, 1.165) is 25.9 Å². The van der Waals surface area contributed by atoms with Crippen molar-refractivity contribution in [1.82, 2.24) is 5.32 Å². The van der Waals surface area contributed by atoms with Crippen LogP contribution in [-0.4, -0.2) is 31.2 Å². The zero-order valence-electron chi connectivity index (χ0n) is 12.5. The van der Waals surface area contributed by atoms with Crippen molar-refractivity contribution in [2.75, 3.05) is 13.7 Å². The van der Waals surface area contributed by atoms with Crippen LogP contribution >= 0.6 is 0 Å². The van der Waals surface area contributed by atoms with Gasteiger partial charge in [-0.1, -0.05) is 25.7 Å². The van der Waals surface area contributed by atoms with Gasteiger partial charge in [0.1, 0.15) is 0 Å².